The topological polar surface area (TPSA) is 175 Å². The van der Waals surface area contributed by atoms with Crippen LogP contribution in [0.5, 0.6) is 0 Å². The minimum absolute atomic E-state index is 0.0487. The van der Waals surface area contributed by atoms with Crippen molar-refractivity contribution in [2.75, 3.05) is 13.2 Å². The molecule has 0 saturated carbocycles. The zero-order valence-electron chi connectivity index (χ0n) is 45.5. The molecule has 3 N–H and O–H groups in total. The van der Waals surface area contributed by atoms with E-state index >= 15 is 0 Å². The van der Waals surface area contributed by atoms with Gasteiger partial charge in [-0.05, 0) is 44.9 Å². The van der Waals surface area contributed by atoms with Gasteiger partial charge in [-0.2, -0.15) is 0 Å². The van der Waals surface area contributed by atoms with Gasteiger partial charge in [0.2, 0.25) is 0 Å². The van der Waals surface area contributed by atoms with E-state index in [0.717, 1.165) is 89.9 Å². The second-order valence-corrected chi connectivity index (χ2v) is 20.3. The lowest BCUT2D eigenvalue weighted by Gasteiger charge is -2.40. The zero-order chi connectivity index (χ0) is 51.8. The van der Waals surface area contributed by atoms with Gasteiger partial charge in [0.15, 0.2) is 24.6 Å². The number of carbonyl (C=O) groups excluding carboxylic acids is 3. The molecule has 0 aromatic rings. The van der Waals surface area contributed by atoms with Gasteiger partial charge in [0.25, 0.3) is 0 Å². The van der Waals surface area contributed by atoms with Gasteiger partial charge in [0.05, 0.1) is 6.61 Å². The molecular weight excluding hydrogens is 901 g/mol. The highest BCUT2D eigenvalue weighted by Crippen LogP contribution is 2.26. The summed E-state index contributed by atoms with van der Waals surface area (Å²) in [5, 5.41) is 31.4. The first-order valence-corrected chi connectivity index (χ1v) is 29.3. The molecule has 1 heterocycles. The molecule has 12 nitrogen and oxygen atoms in total. The number of esters is 3. The normalized spacial score (nSPS) is 18.6. The fraction of sp³-hybridized carbons (Fsp3) is 0.864. The first-order chi connectivity index (χ1) is 34.6. The Morgan fingerprint density at radius 1 is 0.465 bits per heavy atom. The SMILES string of the molecule is CCC/C=C\C/C=C\CCCCCCCC(=O)OC1C(OCC(COC(=O)CCCCCCCCCCCCCCCCCCC)OC(=O)CCCCCCCCCCCCC)OC(C(=O)O)C(O)C1O. The quantitative estimate of drug-likeness (QED) is 0.0228. The van der Waals surface area contributed by atoms with Crippen molar-refractivity contribution in [2.24, 2.45) is 0 Å². The highest BCUT2D eigenvalue weighted by atomic mass is 16.7. The Bertz CT molecular complexity index is 1340. The average Bonchev–Trinajstić information content (AvgIpc) is 3.35. The molecule has 71 heavy (non-hydrogen) atoms. The molecule has 0 spiro atoms. The third kappa shape index (κ3) is 38.4. The average molecular weight is 1010 g/mol. The molecular formula is C59H106O12. The van der Waals surface area contributed by atoms with E-state index in [2.05, 4.69) is 45.1 Å². The van der Waals surface area contributed by atoms with Crippen molar-refractivity contribution in [3.05, 3.63) is 24.3 Å². The van der Waals surface area contributed by atoms with Gasteiger partial charge < -0.3 is 39.0 Å². The lowest BCUT2D eigenvalue weighted by Crippen LogP contribution is -2.61. The van der Waals surface area contributed by atoms with Crippen molar-refractivity contribution < 1.29 is 58.2 Å². The monoisotopic (exact) mass is 1010 g/mol. The number of unbranched alkanes of at least 4 members (excludes halogenated alkanes) is 32. The van der Waals surface area contributed by atoms with Crippen molar-refractivity contribution in [3.63, 3.8) is 0 Å². The Kier molecular flexibility index (Phi) is 44.9. The number of carboxylic acids is 1. The fourth-order valence-corrected chi connectivity index (χ4v) is 9.00. The summed E-state index contributed by atoms with van der Waals surface area (Å²) in [5.41, 5.74) is 0. The molecule has 1 fully saturated rings. The van der Waals surface area contributed by atoms with Gasteiger partial charge in [-0.1, -0.05) is 238 Å². The van der Waals surface area contributed by atoms with Crippen LogP contribution in [0.2, 0.25) is 0 Å². The summed E-state index contributed by atoms with van der Waals surface area (Å²) in [6.07, 6.45) is 41.6. The molecule has 1 aliphatic heterocycles. The summed E-state index contributed by atoms with van der Waals surface area (Å²) in [6, 6.07) is 0. The van der Waals surface area contributed by atoms with Crippen LogP contribution in [0.15, 0.2) is 24.3 Å². The molecule has 0 amide bonds. The number of ether oxygens (including phenoxy) is 5. The maximum atomic E-state index is 13.1. The van der Waals surface area contributed by atoms with Gasteiger partial charge in [0.1, 0.15) is 18.8 Å². The molecule has 12 heteroatoms. The maximum absolute atomic E-state index is 13.1. The van der Waals surface area contributed by atoms with Gasteiger partial charge in [0, 0.05) is 19.3 Å². The highest BCUT2D eigenvalue weighted by molar-refractivity contribution is 5.74. The lowest BCUT2D eigenvalue weighted by molar-refractivity contribution is -0.301. The van der Waals surface area contributed by atoms with Crippen LogP contribution in [0.3, 0.4) is 0 Å². The second-order valence-electron chi connectivity index (χ2n) is 20.3. The van der Waals surface area contributed by atoms with Crippen LogP contribution < -0.4 is 0 Å². The van der Waals surface area contributed by atoms with E-state index in [1.54, 1.807) is 0 Å². The van der Waals surface area contributed by atoms with Crippen LogP contribution in [0.25, 0.3) is 0 Å². The number of aliphatic hydroxyl groups is 2. The predicted molar refractivity (Wildman–Crippen MR) is 285 cm³/mol. The van der Waals surface area contributed by atoms with E-state index in [4.69, 9.17) is 23.7 Å². The number of carboxylic acid groups (broad SMARTS) is 1. The van der Waals surface area contributed by atoms with E-state index in [1.807, 2.05) is 0 Å². The van der Waals surface area contributed by atoms with Crippen molar-refractivity contribution in [3.8, 4) is 0 Å². The molecule has 1 saturated heterocycles. The smallest absolute Gasteiger partial charge is 0.335 e. The largest absolute Gasteiger partial charge is 0.479 e. The summed E-state index contributed by atoms with van der Waals surface area (Å²) in [4.78, 5) is 51.0. The standard InChI is InChI=1S/C59H106O12/c1-4-7-10-13-16-19-22-24-25-26-27-29-31-33-36-39-42-45-51(60)67-48-50(69-52(61)46-43-40-37-34-30-21-18-15-12-9-6-3)49-68-59-57(55(64)54(63)56(71-59)58(65)66)70-53(62)47-44-41-38-35-32-28-23-20-17-14-11-8-5-2/h11,14,20,23,50,54-57,59,63-64H,4-10,12-13,15-19,21-22,24-49H2,1-3H3,(H,65,66)/b14-11-,23-20-. The molecule has 0 radical (unpaired) electrons. The lowest BCUT2D eigenvalue weighted by atomic mass is 9.98. The molecule has 0 aliphatic carbocycles. The summed E-state index contributed by atoms with van der Waals surface area (Å²) >= 11 is 0. The van der Waals surface area contributed by atoms with E-state index in [9.17, 15) is 34.5 Å². The van der Waals surface area contributed by atoms with Crippen molar-refractivity contribution in [1.29, 1.82) is 0 Å². The number of hydrogen-bond acceptors (Lipinski definition) is 11. The molecule has 0 aromatic heterocycles. The number of rotatable bonds is 50. The van der Waals surface area contributed by atoms with Crippen LogP contribution in [0.4, 0.5) is 0 Å². The van der Waals surface area contributed by atoms with Gasteiger partial charge in [-0.25, -0.2) is 4.79 Å². The summed E-state index contributed by atoms with van der Waals surface area (Å²) < 4.78 is 28.4. The third-order valence-electron chi connectivity index (χ3n) is 13.5. The number of allylic oxidation sites excluding steroid dienone is 4. The Hall–Kier alpha value is -2.80. The summed E-state index contributed by atoms with van der Waals surface area (Å²) in [6.45, 7) is 5.93. The van der Waals surface area contributed by atoms with Gasteiger partial charge >= 0.3 is 23.9 Å². The van der Waals surface area contributed by atoms with E-state index in [0.29, 0.717) is 19.3 Å². The molecule has 6 atom stereocenters. The number of hydrogen-bond donors (Lipinski definition) is 3. The minimum atomic E-state index is -1.90. The van der Waals surface area contributed by atoms with E-state index < -0.39 is 67.3 Å². The molecule has 6 unspecified atom stereocenters. The first kappa shape index (κ1) is 66.2. The Morgan fingerprint density at radius 2 is 0.873 bits per heavy atom. The number of aliphatic hydroxyl groups excluding tert-OH is 2. The van der Waals surface area contributed by atoms with Crippen molar-refractivity contribution in [1.82, 2.24) is 0 Å². The Balaban J connectivity index is 2.66. The second kappa shape index (κ2) is 48.2. The van der Waals surface area contributed by atoms with Crippen molar-refractivity contribution in [2.45, 2.75) is 314 Å². The molecule has 0 aromatic carbocycles. The first-order valence-electron chi connectivity index (χ1n) is 29.3. The highest BCUT2D eigenvalue weighted by Gasteiger charge is 2.50. The molecule has 1 rings (SSSR count). The fourth-order valence-electron chi connectivity index (χ4n) is 9.00. The Labute approximate surface area is 432 Å². The van der Waals surface area contributed by atoms with Crippen LogP contribution in [0, 0.1) is 0 Å². The summed E-state index contributed by atoms with van der Waals surface area (Å²) in [7, 11) is 0. The van der Waals surface area contributed by atoms with Crippen LogP contribution in [-0.4, -0.2) is 89.2 Å². The predicted octanol–water partition coefficient (Wildman–Crippen LogP) is 14.7. The van der Waals surface area contributed by atoms with Crippen LogP contribution >= 0.6 is 0 Å². The summed E-state index contributed by atoms with van der Waals surface area (Å²) in [5.74, 6) is -3.11. The zero-order valence-corrected chi connectivity index (χ0v) is 45.5. The third-order valence-corrected chi connectivity index (χ3v) is 13.5. The molecule has 1 aliphatic rings. The van der Waals surface area contributed by atoms with Gasteiger partial charge in [-0.15, -0.1) is 0 Å². The number of carbonyl (C=O) groups is 4. The van der Waals surface area contributed by atoms with Crippen LogP contribution in [0.1, 0.15) is 278 Å². The maximum Gasteiger partial charge on any atom is 0.335 e. The number of aliphatic carboxylic acids is 1. The van der Waals surface area contributed by atoms with Crippen molar-refractivity contribution >= 4 is 23.9 Å². The van der Waals surface area contributed by atoms with E-state index in [1.165, 1.54) is 128 Å². The van der Waals surface area contributed by atoms with Crippen LogP contribution in [-0.2, 0) is 42.9 Å². The molecule has 0 bridgehead atoms. The van der Waals surface area contributed by atoms with E-state index in [-0.39, 0.29) is 25.9 Å². The molecule has 414 valence electrons. The minimum Gasteiger partial charge on any atom is -0.479 e. The van der Waals surface area contributed by atoms with Gasteiger partial charge in [-0.3, -0.25) is 14.4 Å². The Morgan fingerprint density at radius 3 is 1.32 bits per heavy atom.